The van der Waals surface area contributed by atoms with E-state index in [-0.39, 0.29) is 5.03 Å². The van der Waals surface area contributed by atoms with Crippen molar-refractivity contribution in [2.75, 3.05) is 0 Å². The van der Waals surface area contributed by atoms with Gasteiger partial charge in [-0.05, 0) is 31.9 Å². The molecule has 0 radical (unpaired) electrons. The zero-order valence-corrected chi connectivity index (χ0v) is 10.7. The molecule has 17 heavy (non-hydrogen) atoms. The van der Waals surface area contributed by atoms with Crippen LogP contribution in [0.15, 0.2) is 23.4 Å². The molecule has 6 heteroatoms. The van der Waals surface area contributed by atoms with Crippen LogP contribution >= 0.6 is 0 Å². The van der Waals surface area contributed by atoms with Crippen LogP contribution in [0.1, 0.15) is 16.7 Å². The number of rotatable bonds is 2. The predicted octanol–water partition coefficient (Wildman–Crippen LogP) is 1.77. The number of hydrogen-bond acceptors (Lipinski definition) is 3. The Balaban J connectivity index is 2.56. The van der Waals surface area contributed by atoms with E-state index in [4.69, 9.17) is 4.55 Å². The second-order valence-corrected chi connectivity index (χ2v) is 4.91. The number of hydrogen-bond donors (Lipinski definition) is 1. The van der Waals surface area contributed by atoms with E-state index in [1.165, 1.54) is 16.4 Å². The van der Waals surface area contributed by atoms with Crippen LogP contribution in [0.3, 0.4) is 0 Å². The number of aryl methyl sites for hydroxylation is 3. The highest BCUT2D eigenvalue weighted by molar-refractivity contribution is 7.79. The fraction of sp³-hybridized carbons (Fsp3) is 0.273. The van der Waals surface area contributed by atoms with Crippen LogP contribution in [-0.2, 0) is 11.1 Å². The third-order valence-corrected chi connectivity index (χ3v) is 3.06. The van der Waals surface area contributed by atoms with E-state index >= 15 is 0 Å². The van der Waals surface area contributed by atoms with Crippen molar-refractivity contribution in [2.24, 2.45) is 0 Å². The van der Waals surface area contributed by atoms with Crippen LogP contribution in [0.2, 0.25) is 0 Å². The molecule has 0 fully saturated rings. The lowest BCUT2D eigenvalue weighted by molar-refractivity contribution is 0.560. The van der Waals surface area contributed by atoms with E-state index in [9.17, 15) is 4.21 Å². The fourth-order valence-corrected chi connectivity index (χ4v) is 2.27. The molecule has 2 rings (SSSR count). The molecule has 1 unspecified atom stereocenters. The maximum Gasteiger partial charge on any atom is 0.209 e. The molecule has 5 nitrogen and oxygen atoms in total. The average molecular weight is 251 g/mol. The van der Waals surface area contributed by atoms with Gasteiger partial charge in [-0.15, -0.1) is 5.10 Å². The van der Waals surface area contributed by atoms with Gasteiger partial charge in [-0.25, -0.2) is 8.89 Å². The average Bonchev–Trinajstić information content (AvgIpc) is 2.65. The number of benzene rings is 1. The lowest BCUT2D eigenvalue weighted by atomic mass is 10.1. The molecule has 0 spiro atoms. The van der Waals surface area contributed by atoms with Crippen molar-refractivity contribution in [1.29, 1.82) is 0 Å². The first-order valence-corrected chi connectivity index (χ1v) is 6.21. The van der Waals surface area contributed by atoms with Crippen molar-refractivity contribution in [3.05, 3.63) is 35.0 Å². The maximum atomic E-state index is 10.9. The second-order valence-electron chi connectivity index (χ2n) is 4.00. The molecule has 1 N–H and O–H groups in total. The van der Waals surface area contributed by atoms with Crippen molar-refractivity contribution in [3.63, 3.8) is 0 Å². The molecule has 0 aliphatic carbocycles. The summed E-state index contributed by atoms with van der Waals surface area (Å²) in [5.41, 5.74) is 4.19. The summed E-state index contributed by atoms with van der Waals surface area (Å²) in [6.07, 6.45) is 1.47. The van der Waals surface area contributed by atoms with Gasteiger partial charge in [0, 0.05) is 0 Å². The first-order chi connectivity index (χ1) is 7.99. The summed E-state index contributed by atoms with van der Waals surface area (Å²) in [4.78, 5) is 0. The van der Waals surface area contributed by atoms with Crippen LogP contribution < -0.4 is 0 Å². The van der Waals surface area contributed by atoms with Gasteiger partial charge in [0.25, 0.3) is 0 Å². The summed E-state index contributed by atoms with van der Waals surface area (Å²) in [5.74, 6) is 0. The van der Waals surface area contributed by atoms with Crippen molar-refractivity contribution in [1.82, 2.24) is 15.0 Å². The molecule has 0 saturated carbocycles. The van der Waals surface area contributed by atoms with E-state index in [0.29, 0.717) is 0 Å². The summed E-state index contributed by atoms with van der Waals surface area (Å²) >= 11 is -2.09. The third kappa shape index (κ3) is 2.27. The van der Waals surface area contributed by atoms with Gasteiger partial charge in [0.2, 0.25) is 11.1 Å². The largest absolute Gasteiger partial charge is 0.301 e. The molecular weight excluding hydrogens is 238 g/mol. The molecular formula is C11H13N3O2S. The van der Waals surface area contributed by atoms with E-state index < -0.39 is 11.1 Å². The molecule has 1 aromatic carbocycles. The minimum atomic E-state index is -2.09. The molecule has 0 saturated heterocycles. The lowest BCUT2D eigenvalue weighted by Crippen LogP contribution is -2.01. The predicted molar refractivity (Wildman–Crippen MR) is 64.6 cm³/mol. The monoisotopic (exact) mass is 251 g/mol. The smallest absolute Gasteiger partial charge is 0.209 e. The van der Waals surface area contributed by atoms with Crippen LogP contribution in [0.5, 0.6) is 0 Å². The zero-order chi connectivity index (χ0) is 12.6. The van der Waals surface area contributed by atoms with Gasteiger partial charge in [0.1, 0.15) is 0 Å². The summed E-state index contributed by atoms with van der Waals surface area (Å²) in [6, 6.07) is 4.08. The molecule has 0 aliphatic heterocycles. The standard InChI is InChI=1S/C11H13N3O2S/c1-7-4-8(2)11(9(3)5-7)14-6-10(12-13-14)17(15)16/h4-6H,1-3H3,(H,15,16). The summed E-state index contributed by atoms with van der Waals surface area (Å²) < 4.78 is 21.3. The Morgan fingerprint density at radius 3 is 2.29 bits per heavy atom. The van der Waals surface area contributed by atoms with Gasteiger partial charge in [0.05, 0.1) is 11.9 Å². The van der Waals surface area contributed by atoms with E-state index in [0.717, 1.165) is 16.8 Å². The van der Waals surface area contributed by atoms with Crippen LogP contribution in [0.25, 0.3) is 5.69 Å². The third-order valence-electron chi connectivity index (χ3n) is 2.52. The highest BCUT2D eigenvalue weighted by atomic mass is 32.2. The molecule has 2 aromatic rings. The first kappa shape index (κ1) is 11.9. The van der Waals surface area contributed by atoms with Crippen LogP contribution in [-0.4, -0.2) is 23.8 Å². The van der Waals surface area contributed by atoms with E-state index in [2.05, 4.69) is 10.3 Å². The molecule has 0 aliphatic rings. The Kier molecular flexibility index (Phi) is 3.08. The van der Waals surface area contributed by atoms with Gasteiger partial charge in [-0.2, -0.15) is 0 Å². The molecule has 90 valence electrons. The lowest BCUT2D eigenvalue weighted by Gasteiger charge is -2.09. The highest BCUT2D eigenvalue weighted by Gasteiger charge is 2.11. The van der Waals surface area contributed by atoms with Crippen molar-refractivity contribution >= 4 is 11.1 Å². The molecule has 0 amide bonds. The van der Waals surface area contributed by atoms with Gasteiger partial charge in [-0.1, -0.05) is 22.9 Å². The quantitative estimate of drug-likeness (QED) is 0.826. The zero-order valence-electron chi connectivity index (χ0n) is 9.84. The Morgan fingerprint density at radius 2 is 1.82 bits per heavy atom. The molecule has 1 atom stereocenters. The van der Waals surface area contributed by atoms with Crippen LogP contribution in [0.4, 0.5) is 0 Å². The van der Waals surface area contributed by atoms with Gasteiger partial charge < -0.3 is 4.55 Å². The van der Waals surface area contributed by atoms with Gasteiger partial charge in [0.15, 0.2) is 5.03 Å². The van der Waals surface area contributed by atoms with Gasteiger partial charge in [-0.3, -0.25) is 0 Å². The first-order valence-electron chi connectivity index (χ1n) is 5.10. The second kappa shape index (κ2) is 4.38. The highest BCUT2D eigenvalue weighted by Crippen LogP contribution is 2.20. The normalized spacial score (nSPS) is 12.7. The van der Waals surface area contributed by atoms with Crippen LogP contribution in [0, 0.1) is 20.8 Å². The van der Waals surface area contributed by atoms with Gasteiger partial charge >= 0.3 is 0 Å². The van der Waals surface area contributed by atoms with Crippen molar-refractivity contribution < 1.29 is 8.76 Å². The summed E-state index contributed by atoms with van der Waals surface area (Å²) in [6.45, 7) is 5.98. The maximum absolute atomic E-state index is 10.9. The SMILES string of the molecule is Cc1cc(C)c(-n2cc(S(=O)O)nn2)c(C)c1. The topological polar surface area (TPSA) is 68.0 Å². The minimum Gasteiger partial charge on any atom is -0.301 e. The number of aromatic nitrogens is 3. The Bertz CT molecular complexity index is 569. The van der Waals surface area contributed by atoms with Crippen molar-refractivity contribution in [3.8, 4) is 5.69 Å². The van der Waals surface area contributed by atoms with E-state index in [1.54, 1.807) is 0 Å². The summed E-state index contributed by atoms with van der Waals surface area (Å²) in [5, 5.41) is 7.59. The fourth-order valence-electron chi connectivity index (χ4n) is 1.97. The Labute approximate surface area is 102 Å². The molecule has 0 bridgehead atoms. The minimum absolute atomic E-state index is 0.0596. The molecule has 1 heterocycles. The van der Waals surface area contributed by atoms with Crippen molar-refractivity contribution in [2.45, 2.75) is 25.8 Å². The Hall–Kier alpha value is -1.53. The van der Waals surface area contributed by atoms with E-state index in [1.807, 2.05) is 32.9 Å². The Morgan fingerprint density at radius 1 is 1.24 bits per heavy atom. The molecule has 1 aromatic heterocycles. The number of nitrogens with zero attached hydrogens (tertiary/aromatic N) is 3. The summed E-state index contributed by atoms with van der Waals surface area (Å²) in [7, 11) is 0.